The maximum Gasteiger partial charge on any atom is 0.227 e. The van der Waals surface area contributed by atoms with E-state index in [9.17, 15) is 0 Å². The zero-order chi connectivity index (χ0) is 31.2. The lowest BCUT2D eigenvalue weighted by atomic mass is 9.96. The molecule has 0 saturated carbocycles. The van der Waals surface area contributed by atoms with Gasteiger partial charge in [0.05, 0.1) is 5.69 Å². The summed E-state index contributed by atoms with van der Waals surface area (Å²) in [6, 6.07) is 58.5. The molecule has 0 atom stereocenters. The van der Waals surface area contributed by atoms with Crippen LogP contribution in [0.15, 0.2) is 179 Å². The van der Waals surface area contributed by atoms with Crippen LogP contribution >= 0.6 is 0 Å². The summed E-state index contributed by atoms with van der Waals surface area (Å²) in [4.78, 5) is 7.45. The fraction of sp³-hybridized carbons (Fsp3) is 0. The first kappa shape index (κ1) is 27.0. The maximum absolute atomic E-state index is 6.75. The molecule has 47 heavy (non-hydrogen) atoms. The second-order valence-electron chi connectivity index (χ2n) is 11.6. The lowest BCUT2D eigenvalue weighted by molar-refractivity contribution is 0.620. The van der Waals surface area contributed by atoms with E-state index in [1.165, 1.54) is 0 Å². The largest absolute Gasteiger partial charge is 0.454 e. The van der Waals surface area contributed by atoms with Crippen LogP contribution in [0.3, 0.4) is 0 Å². The molecule has 0 N–H and O–H groups in total. The zero-order valence-electron chi connectivity index (χ0n) is 25.4. The van der Waals surface area contributed by atoms with E-state index >= 15 is 0 Å². The Morgan fingerprint density at radius 3 is 1.79 bits per heavy atom. The average Bonchev–Trinajstić information content (AvgIpc) is 3.75. The van der Waals surface area contributed by atoms with Crippen LogP contribution in [0.5, 0.6) is 0 Å². The van der Waals surface area contributed by atoms with E-state index in [4.69, 9.17) is 13.8 Å². The summed E-state index contributed by atoms with van der Waals surface area (Å²) >= 11 is 0. The first-order valence-corrected chi connectivity index (χ1v) is 15.7. The van der Waals surface area contributed by atoms with E-state index in [1.54, 1.807) is 0 Å². The van der Waals surface area contributed by atoms with Crippen molar-refractivity contribution in [3.63, 3.8) is 0 Å². The van der Waals surface area contributed by atoms with Gasteiger partial charge < -0.3 is 13.7 Å². The van der Waals surface area contributed by atoms with Crippen LogP contribution in [-0.4, -0.2) is 4.98 Å². The molecule has 7 aromatic carbocycles. The van der Waals surface area contributed by atoms with E-state index in [-0.39, 0.29) is 0 Å². The SMILES string of the molecule is c1ccc(-c2ccc(N(c3ccccc3)c3c4nc(-c5ccccc5)oc4cc4c3oc3ccccc34)c(-c3ccccc3)c2)cc1. The molecule has 4 heteroatoms. The van der Waals surface area contributed by atoms with Crippen LogP contribution < -0.4 is 4.90 Å². The summed E-state index contributed by atoms with van der Waals surface area (Å²) < 4.78 is 13.3. The predicted molar refractivity (Wildman–Crippen MR) is 192 cm³/mol. The number of para-hydroxylation sites is 2. The number of hydrogen-bond acceptors (Lipinski definition) is 4. The Balaban J connectivity index is 1.40. The van der Waals surface area contributed by atoms with Gasteiger partial charge in [-0.05, 0) is 65.2 Å². The number of anilines is 3. The molecule has 0 radical (unpaired) electrons. The molecule has 9 rings (SSSR count). The predicted octanol–water partition coefficient (Wildman–Crippen LogP) is 12.2. The van der Waals surface area contributed by atoms with Crippen molar-refractivity contribution in [2.24, 2.45) is 0 Å². The summed E-state index contributed by atoms with van der Waals surface area (Å²) in [7, 11) is 0. The second kappa shape index (κ2) is 11.2. The molecule has 9 aromatic rings. The van der Waals surface area contributed by atoms with Gasteiger partial charge in [-0.15, -0.1) is 0 Å². The zero-order valence-corrected chi connectivity index (χ0v) is 25.4. The summed E-state index contributed by atoms with van der Waals surface area (Å²) in [5.74, 6) is 0.564. The fourth-order valence-corrected chi connectivity index (χ4v) is 6.49. The lowest BCUT2D eigenvalue weighted by Gasteiger charge is -2.28. The highest BCUT2D eigenvalue weighted by molar-refractivity contribution is 6.18. The number of furan rings is 1. The molecule has 2 aromatic heterocycles. The Morgan fingerprint density at radius 2 is 1.06 bits per heavy atom. The van der Waals surface area contributed by atoms with Gasteiger partial charge in [0.1, 0.15) is 16.8 Å². The van der Waals surface area contributed by atoms with E-state index in [2.05, 4.69) is 114 Å². The molecule has 0 bridgehead atoms. The molecule has 0 spiro atoms. The fourth-order valence-electron chi connectivity index (χ4n) is 6.49. The van der Waals surface area contributed by atoms with Crippen LogP contribution in [-0.2, 0) is 0 Å². The molecule has 0 saturated heterocycles. The quantitative estimate of drug-likeness (QED) is 0.189. The Bertz CT molecular complexity index is 2500. The summed E-state index contributed by atoms with van der Waals surface area (Å²) in [6.07, 6.45) is 0. The van der Waals surface area contributed by atoms with Gasteiger partial charge in [-0.3, -0.25) is 0 Å². The standard InChI is InChI=1S/C43H28N2O2/c1-5-15-29(16-6-1)32-25-26-37(35(27-32)30-17-7-2-8-18-30)45(33-21-11-4-12-22-33)41-40-39(47-43(44-40)31-19-9-3-10-20-31)28-36-34-23-13-14-24-38(34)46-42(36)41/h1-28H. The molecule has 0 aliphatic carbocycles. The monoisotopic (exact) mass is 604 g/mol. The minimum Gasteiger partial charge on any atom is -0.454 e. The number of hydrogen-bond donors (Lipinski definition) is 0. The topological polar surface area (TPSA) is 42.4 Å². The van der Waals surface area contributed by atoms with E-state index in [0.717, 1.165) is 72.3 Å². The third-order valence-electron chi connectivity index (χ3n) is 8.69. The molecule has 0 fully saturated rings. The Labute approximate surface area is 271 Å². The summed E-state index contributed by atoms with van der Waals surface area (Å²) in [5, 5.41) is 2.00. The summed E-state index contributed by atoms with van der Waals surface area (Å²) in [6.45, 7) is 0. The van der Waals surface area contributed by atoms with Crippen LogP contribution in [0, 0.1) is 0 Å². The van der Waals surface area contributed by atoms with Gasteiger partial charge >= 0.3 is 0 Å². The van der Waals surface area contributed by atoms with Crippen LogP contribution in [0.1, 0.15) is 0 Å². The van der Waals surface area contributed by atoms with Crippen LogP contribution in [0.4, 0.5) is 17.1 Å². The molecule has 2 heterocycles. The third-order valence-corrected chi connectivity index (χ3v) is 8.69. The minimum atomic E-state index is 0.564. The van der Waals surface area contributed by atoms with Crippen LogP contribution in [0.2, 0.25) is 0 Å². The van der Waals surface area contributed by atoms with Crippen molar-refractivity contribution in [3.8, 4) is 33.7 Å². The number of benzene rings is 7. The highest BCUT2D eigenvalue weighted by Gasteiger charge is 2.28. The van der Waals surface area contributed by atoms with Crippen LogP contribution in [0.25, 0.3) is 66.7 Å². The highest BCUT2D eigenvalue weighted by Crippen LogP contribution is 2.49. The van der Waals surface area contributed by atoms with Gasteiger partial charge in [0.2, 0.25) is 5.89 Å². The molecule has 222 valence electrons. The number of oxazole rings is 1. The minimum absolute atomic E-state index is 0.564. The van der Waals surface area contributed by atoms with E-state index in [1.807, 2.05) is 60.7 Å². The van der Waals surface area contributed by atoms with Crippen molar-refractivity contribution in [2.75, 3.05) is 4.90 Å². The van der Waals surface area contributed by atoms with Crippen molar-refractivity contribution in [3.05, 3.63) is 170 Å². The van der Waals surface area contributed by atoms with Crippen molar-refractivity contribution in [1.82, 2.24) is 4.98 Å². The molecular weight excluding hydrogens is 576 g/mol. The maximum atomic E-state index is 6.75. The third kappa shape index (κ3) is 4.66. The van der Waals surface area contributed by atoms with Gasteiger partial charge in [0.25, 0.3) is 0 Å². The van der Waals surface area contributed by atoms with Gasteiger partial charge in [-0.2, -0.15) is 0 Å². The van der Waals surface area contributed by atoms with Crippen molar-refractivity contribution >= 4 is 50.1 Å². The van der Waals surface area contributed by atoms with Crippen molar-refractivity contribution in [2.45, 2.75) is 0 Å². The molecular formula is C43H28N2O2. The van der Waals surface area contributed by atoms with E-state index in [0.29, 0.717) is 11.5 Å². The summed E-state index contributed by atoms with van der Waals surface area (Å²) in [5.41, 5.74) is 11.2. The van der Waals surface area contributed by atoms with Crippen molar-refractivity contribution < 1.29 is 8.83 Å². The van der Waals surface area contributed by atoms with Gasteiger partial charge in [0, 0.05) is 27.6 Å². The Morgan fingerprint density at radius 1 is 0.447 bits per heavy atom. The molecule has 0 aliphatic rings. The Kier molecular flexibility index (Phi) is 6.43. The van der Waals surface area contributed by atoms with Gasteiger partial charge in [0.15, 0.2) is 11.2 Å². The smallest absolute Gasteiger partial charge is 0.227 e. The van der Waals surface area contributed by atoms with Gasteiger partial charge in [-0.25, -0.2) is 4.98 Å². The first-order chi connectivity index (χ1) is 23.3. The molecule has 0 amide bonds. The molecule has 0 unspecified atom stereocenters. The van der Waals surface area contributed by atoms with Crippen molar-refractivity contribution in [1.29, 1.82) is 0 Å². The Hall–Kier alpha value is -6.39. The number of aromatic nitrogens is 1. The highest BCUT2D eigenvalue weighted by atomic mass is 16.4. The average molecular weight is 605 g/mol. The normalized spacial score (nSPS) is 11.4. The molecule has 4 nitrogen and oxygen atoms in total. The van der Waals surface area contributed by atoms with E-state index < -0.39 is 0 Å². The number of fused-ring (bicyclic) bond motifs is 4. The lowest BCUT2D eigenvalue weighted by Crippen LogP contribution is -2.12. The second-order valence-corrected chi connectivity index (χ2v) is 11.6. The molecule has 0 aliphatic heterocycles. The van der Waals surface area contributed by atoms with Gasteiger partial charge in [-0.1, -0.05) is 121 Å². The number of nitrogens with zero attached hydrogens (tertiary/aromatic N) is 2. The first-order valence-electron chi connectivity index (χ1n) is 15.7. The number of rotatable bonds is 6.